The number of hydrogen-bond acceptors (Lipinski definition) is 5. The molecule has 1 saturated carbocycles. The molecule has 1 fully saturated rings. The van der Waals surface area contributed by atoms with Crippen molar-refractivity contribution < 1.29 is 9.59 Å². The maximum absolute atomic E-state index is 12.7. The molecule has 2 N–H and O–H groups in total. The van der Waals surface area contributed by atoms with Crippen molar-refractivity contribution in [2.24, 2.45) is 0 Å². The summed E-state index contributed by atoms with van der Waals surface area (Å²) in [6.45, 7) is 0. The lowest BCUT2D eigenvalue weighted by molar-refractivity contribution is 0.0911. The van der Waals surface area contributed by atoms with E-state index in [4.69, 9.17) is 0 Å². The molecule has 1 aliphatic rings. The van der Waals surface area contributed by atoms with Gasteiger partial charge in [-0.2, -0.15) is 0 Å². The highest BCUT2D eigenvalue weighted by molar-refractivity contribution is 7.09. The molecule has 7 heteroatoms. The molecule has 1 atom stereocenters. The molecule has 2 amide bonds. The summed E-state index contributed by atoms with van der Waals surface area (Å²) in [4.78, 5) is 33.6. The third kappa shape index (κ3) is 4.86. The van der Waals surface area contributed by atoms with Gasteiger partial charge in [-0.1, -0.05) is 30.3 Å². The zero-order valence-corrected chi connectivity index (χ0v) is 16.7. The van der Waals surface area contributed by atoms with E-state index < -0.39 is 0 Å². The summed E-state index contributed by atoms with van der Waals surface area (Å²) in [7, 11) is 0. The lowest BCUT2D eigenvalue weighted by Gasteiger charge is -2.25. The van der Waals surface area contributed by atoms with E-state index in [9.17, 15) is 9.59 Å². The molecule has 0 saturated heterocycles. The molecule has 3 aromatic rings. The van der Waals surface area contributed by atoms with Crippen LogP contribution >= 0.6 is 11.3 Å². The first-order chi connectivity index (χ1) is 14.2. The first kappa shape index (κ1) is 19.3. The number of benzene rings is 1. The van der Waals surface area contributed by atoms with Gasteiger partial charge in [0, 0.05) is 29.4 Å². The minimum atomic E-state index is -0.326. The Morgan fingerprint density at radius 3 is 2.52 bits per heavy atom. The van der Waals surface area contributed by atoms with Crippen LogP contribution in [0.4, 0.5) is 0 Å². The zero-order valence-electron chi connectivity index (χ0n) is 15.9. The average Bonchev–Trinajstić information content (AvgIpc) is 3.22. The molecule has 2 heterocycles. The van der Waals surface area contributed by atoms with Crippen LogP contribution in [0.5, 0.6) is 0 Å². The highest BCUT2D eigenvalue weighted by Gasteiger charge is 2.24. The maximum Gasteiger partial charge on any atom is 0.270 e. The van der Waals surface area contributed by atoms with Crippen molar-refractivity contribution in [2.75, 3.05) is 0 Å². The SMILES string of the molecule is O=C(N[C@@H](Cc1ccccc1)c1nc(C(=O)NC2CCC2)cs1)c1ccncc1. The second-order valence-electron chi connectivity index (χ2n) is 7.12. The number of thiazole rings is 1. The first-order valence-corrected chi connectivity index (χ1v) is 10.6. The van der Waals surface area contributed by atoms with E-state index in [1.165, 1.54) is 11.3 Å². The number of aromatic nitrogens is 2. The van der Waals surface area contributed by atoms with Gasteiger partial charge >= 0.3 is 0 Å². The fourth-order valence-corrected chi connectivity index (χ4v) is 4.01. The minimum absolute atomic E-state index is 0.142. The Bertz CT molecular complexity index is 971. The predicted octanol–water partition coefficient (Wildman–Crippen LogP) is 3.53. The minimum Gasteiger partial charge on any atom is -0.348 e. The number of amides is 2. The van der Waals surface area contributed by atoms with E-state index in [2.05, 4.69) is 20.6 Å². The molecular weight excluding hydrogens is 384 g/mol. The van der Waals surface area contributed by atoms with Gasteiger partial charge in [0.2, 0.25) is 0 Å². The van der Waals surface area contributed by atoms with Crippen molar-refractivity contribution in [2.45, 2.75) is 37.8 Å². The predicted molar refractivity (Wildman–Crippen MR) is 112 cm³/mol. The fraction of sp³-hybridized carbons (Fsp3) is 0.273. The highest BCUT2D eigenvalue weighted by atomic mass is 32.1. The molecule has 0 bridgehead atoms. The normalized spacial score (nSPS) is 14.6. The number of nitrogens with one attached hydrogen (secondary N) is 2. The van der Waals surface area contributed by atoms with Crippen LogP contribution in [0.3, 0.4) is 0 Å². The average molecular weight is 407 g/mol. The van der Waals surface area contributed by atoms with Crippen LogP contribution in [0.2, 0.25) is 0 Å². The summed E-state index contributed by atoms with van der Waals surface area (Å²) in [5.74, 6) is -0.333. The molecule has 29 heavy (non-hydrogen) atoms. The third-order valence-electron chi connectivity index (χ3n) is 5.02. The van der Waals surface area contributed by atoms with Gasteiger partial charge in [0.05, 0.1) is 6.04 Å². The third-order valence-corrected chi connectivity index (χ3v) is 5.98. The second-order valence-corrected chi connectivity index (χ2v) is 8.01. The summed E-state index contributed by atoms with van der Waals surface area (Å²) in [6.07, 6.45) is 6.99. The monoisotopic (exact) mass is 406 g/mol. The summed E-state index contributed by atoms with van der Waals surface area (Å²) < 4.78 is 0. The van der Waals surface area contributed by atoms with Crippen LogP contribution in [0.25, 0.3) is 0 Å². The zero-order chi connectivity index (χ0) is 20.1. The fourth-order valence-electron chi connectivity index (χ4n) is 3.16. The van der Waals surface area contributed by atoms with Gasteiger partial charge in [0.25, 0.3) is 11.8 Å². The quantitative estimate of drug-likeness (QED) is 0.629. The van der Waals surface area contributed by atoms with Crippen LogP contribution in [-0.4, -0.2) is 27.8 Å². The molecule has 148 valence electrons. The summed E-state index contributed by atoms with van der Waals surface area (Å²) in [5, 5.41) is 8.56. The number of rotatable bonds is 7. The Morgan fingerprint density at radius 2 is 1.83 bits per heavy atom. The Balaban J connectivity index is 1.53. The van der Waals surface area contributed by atoms with Crippen LogP contribution < -0.4 is 10.6 Å². The molecular formula is C22H22N4O2S. The van der Waals surface area contributed by atoms with Crippen LogP contribution in [0.1, 0.15) is 56.7 Å². The lowest BCUT2D eigenvalue weighted by atomic mass is 9.93. The molecule has 2 aromatic heterocycles. The molecule has 4 rings (SSSR count). The van der Waals surface area contributed by atoms with Crippen LogP contribution in [-0.2, 0) is 6.42 Å². The van der Waals surface area contributed by atoms with Crippen molar-refractivity contribution in [1.29, 1.82) is 0 Å². The highest BCUT2D eigenvalue weighted by Crippen LogP contribution is 2.24. The topological polar surface area (TPSA) is 84.0 Å². The van der Waals surface area contributed by atoms with Gasteiger partial charge in [0.15, 0.2) is 0 Å². The van der Waals surface area contributed by atoms with E-state index in [1.54, 1.807) is 29.9 Å². The molecule has 0 aliphatic heterocycles. The molecule has 0 radical (unpaired) electrons. The van der Waals surface area contributed by atoms with Gasteiger partial charge < -0.3 is 10.6 Å². The van der Waals surface area contributed by atoms with Crippen molar-refractivity contribution in [3.8, 4) is 0 Å². The standard InChI is InChI=1S/C22H22N4O2S/c27-20(16-9-11-23-12-10-16)25-18(13-15-5-2-1-3-6-15)22-26-19(14-29-22)21(28)24-17-7-4-8-17/h1-3,5-6,9-12,14,17-18H,4,7-8,13H2,(H,24,28)(H,25,27)/t18-/m0/s1. The van der Waals surface area contributed by atoms with Crippen molar-refractivity contribution in [3.05, 3.63) is 82.1 Å². The number of hydrogen-bond donors (Lipinski definition) is 2. The molecule has 0 spiro atoms. The largest absolute Gasteiger partial charge is 0.348 e. The summed E-state index contributed by atoms with van der Waals surface area (Å²) >= 11 is 1.40. The number of nitrogens with zero attached hydrogens (tertiary/aromatic N) is 2. The van der Waals surface area contributed by atoms with E-state index in [1.807, 2.05) is 30.3 Å². The molecule has 6 nitrogen and oxygen atoms in total. The Hall–Kier alpha value is -3.06. The first-order valence-electron chi connectivity index (χ1n) is 9.70. The Labute approximate surface area is 173 Å². The van der Waals surface area contributed by atoms with Gasteiger partial charge in [-0.25, -0.2) is 4.98 Å². The van der Waals surface area contributed by atoms with Gasteiger partial charge in [-0.3, -0.25) is 14.6 Å². The van der Waals surface area contributed by atoms with E-state index >= 15 is 0 Å². The molecule has 0 unspecified atom stereocenters. The number of carbonyl (C=O) groups is 2. The van der Waals surface area contributed by atoms with Crippen molar-refractivity contribution in [3.63, 3.8) is 0 Å². The van der Waals surface area contributed by atoms with E-state index in [-0.39, 0.29) is 23.9 Å². The maximum atomic E-state index is 12.7. The number of carbonyl (C=O) groups excluding carboxylic acids is 2. The van der Waals surface area contributed by atoms with Crippen LogP contribution in [0.15, 0.2) is 60.2 Å². The summed E-state index contributed by atoms with van der Waals surface area (Å²) in [5.41, 5.74) is 2.04. The van der Waals surface area contributed by atoms with Crippen LogP contribution in [0, 0.1) is 0 Å². The van der Waals surface area contributed by atoms with Gasteiger partial charge in [-0.15, -0.1) is 11.3 Å². The van der Waals surface area contributed by atoms with E-state index in [0.29, 0.717) is 17.7 Å². The summed E-state index contributed by atoms with van der Waals surface area (Å²) in [6, 6.07) is 13.2. The second kappa shape index (κ2) is 8.96. The number of pyridine rings is 1. The Morgan fingerprint density at radius 1 is 1.07 bits per heavy atom. The lowest BCUT2D eigenvalue weighted by Crippen LogP contribution is -2.39. The van der Waals surface area contributed by atoms with Gasteiger partial charge in [-0.05, 0) is 43.4 Å². The smallest absolute Gasteiger partial charge is 0.270 e. The molecule has 1 aliphatic carbocycles. The van der Waals surface area contributed by atoms with E-state index in [0.717, 1.165) is 29.8 Å². The van der Waals surface area contributed by atoms with Crippen molar-refractivity contribution in [1.82, 2.24) is 20.6 Å². The molecule has 1 aromatic carbocycles. The Kier molecular flexibility index (Phi) is 5.95. The van der Waals surface area contributed by atoms with Crippen molar-refractivity contribution >= 4 is 23.2 Å². The van der Waals surface area contributed by atoms with Gasteiger partial charge in [0.1, 0.15) is 10.7 Å².